The first kappa shape index (κ1) is 15.6. The SMILES string of the molecule is C/C=C/C(=O)OC1CCC(C2CCC(CC)CC2)CC1. The van der Waals surface area contributed by atoms with Gasteiger partial charge in [0.05, 0.1) is 0 Å². The number of esters is 1. The standard InChI is InChI=1S/C18H30O2/c1-3-5-18(19)20-17-12-10-16(11-13-17)15-8-6-14(4-2)7-9-15/h3,5,14-17H,4,6-13H2,1-2H3/b5-3+. The minimum Gasteiger partial charge on any atom is -0.459 e. The number of hydrogen-bond acceptors (Lipinski definition) is 2. The second-order valence-corrected chi connectivity index (χ2v) is 6.66. The Labute approximate surface area is 124 Å². The van der Waals surface area contributed by atoms with E-state index in [2.05, 4.69) is 6.92 Å². The highest BCUT2D eigenvalue weighted by Crippen LogP contribution is 2.41. The highest BCUT2D eigenvalue weighted by Gasteiger charge is 2.31. The van der Waals surface area contributed by atoms with Crippen molar-refractivity contribution in [3.63, 3.8) is 0 Å². The molecular formula is C18H30O2. The molecule has 0 aliphatic heterocycles. The number of allylic oxidation sites excluding steroid dienone is 1. The third-order valence-corrected chi connectivity index (χ3v) is 5.44. The summed E-state index contributed by atoms with van der Waals surface area (Å²) < 4.78 is 5.48. The summed E-state index contributed by atoms with van der Waals surface area (Å²) in [6.07, 6.45) is 15.2. The zero-order valence-corrected chi connectivity index (χ0v) is 13.1. The number of rotatable bonds is 4. The molecule has 0 unspecified atom stereocenters. The lowest BCUT2D eigenvalue weighted by Crippen LogP contribution is -2.29. The predicted octanol–water partition coefficient (Wildman–Crippen LogP) is 4.88. The van der Waals surface area contributed by atoms with Crippen molar-refractivity contribution in [1.82, 2.24) is 0 Å². The van der Waals surface area contributed by atoms with Crippen LogP contribution in [-0.2, 0) is 9.53 Å². The molecule has 2 nitrogen and oxygen atoms in total. The van der Waals surface area contributed by atoms with Gasteiger partial charge >= 0.3 is 5.97 Å². The summed E-state index contributed by atoms with van der Waals surface area (Å²) in [6, 6.07) is 0. The minimum atomic E-state index is -0.167. The topological polar surface area (TPSA) is 26.3 Å². The van der Waals surface area contributed by atoms with E-state index in [9.17, 15) is 4.79 Å². The van der Waals surface area contributed by atoms with Crippen LogP contribution in [0.5, 0.6) is 0 Å². The van der Waals surface area contributed by atoms with Crippen LogP contribution in [0.4, 0.5) is 0 Å². The smallest absolute Gasteiger partial charge is 0.330 e. The van der Waals surface area contributed by atoms with E-state index in [0.717, 1.165) is 30.6 Å². The predicted molar refractivity (Wildman–Crippen MR) is 82.4 cm³/mol. The maximum absolute atomic E-state index is 11.5. The molecule has 0 aromatic heterocycles. The fourth-order valence-corrected chi connectivity index (χ4v) is 4.09. The van der Waals surface area contributed by atoms with Crippen molar-refractivity contribution >= 4 is 5.97 Å². The Morgan fingerprint density at radius 3 is 2.05 bits per heavy atom. The van der Waals surface area contributed by atoms with E-state index in [1.54, 1.807) is 6.08 Å². The van der Waals surface area contributed by atoms with Gasteiger partial charge in [0.1, 0.15) is 6.10 Å². The van der Waals surface area contributed by atoms with Gasteiger partial charge in [0.15, 0.2) is 0 Å². The van der Waals surface area contributed by atoms with Gasteiger partial charge in [-0.25, -0.2) is 4.79 Å². The van der Waals surface area contributed by atoms with E-state index < -0.39 is 0 Å². The van der Waals surface area contributed by atoms with Gasteiger partial charge in [-0.15, -0.1) is 0 Å². The quantitative estimate of drug-likeness (QED) is 0.541. The normalized spacial score (nSPS) is 35.1. The molecule has 0 N–H and O–H groups in total. The number of ether oxygens (including phenoxy) is 1. The highest BCUT2D eigenvalue weighted by molar-refractivity contribution is 5.81. The molecule has 0 atom stereocenters. The summed E-state index contributed by atoms with van der Waals surface area (Å²) in [5.41, 5.74) is 0. The zero-order valence-electron chi connectivity index (χ0n) is 13.1. The Kier molecular flexibility index (Phi) is 6.12. The summed E-state index contributed by atoms with van der Waals surface area (Å²) in [6.45, 7) is 4.18. The summed E-state index contributed by atoms with van der Waals surface area (Å²) in [4.78, 5) is 11.5. The van der Waals surface area contributed by atoms with Gasteiger partial charge < -0.3 is 4.74 Å². The van der Waals surface area contributed by atoms with Gasteiger partial charge in [-0.05, 0) is 63.2 Å². The van der Waals surface area contributed by atoms with E-state index in [4.69, 9.17) is 4.74 Å². The molecule has 2 saturated carbocycles. The Balaban J connectivity index is 1.70. The van der Waals surface area contributed by atoms with Gasteiger partial charge in [0.2, 0.25) is 0 Å². The lowest BCUT2D eigenvalue weighted by atomic mass is 9.70. The Bertz CT molecular complexity index is 318. The Hall–Kier alpha value is -0.790. The van der Waals surface area contributed by atoms with Crippen LogP contribution in [-0.4, -0.2) is 12.1 Å². The molecule has 114 valence electrons. The van der Waals surface area contributed by atoms with E-state index in [1.165, 1.54) is 51.0 Å². The van der Waals surface area contributed by atoms with Crippen LogP contribution in [0, 0.1) is 17.8 Å². The molecule has 20 heavy (non-hydrogen) atoms. The van der Waals surface area contributed by atoms with Crippen LogP contribution in [0.25, 0.3) is 0 Å². The molecule has 0 radical (unpaired) electrons. The molecular weight excluding hydrogens is 248 g/mol. The first-order chi connectivity index (χ1) is 9.72. The van der Waals surface area contributed by atoms with Gasteiger partial charge in [-0.1, -0.05) is 32.3 Å². The molecule has 0 bridgehead atoms. The van der Waals surface area contributed by atoms with E-state index >= 15 is 0 Å². The highest BCUT2D eigenvalue weighted by atomic mass is 16.5. The molecule has 2 aliphatic carbocycles. The summed E-state index contributed by atoms with van der Waals surface area (Å²) in [5.74, 6) is 2.67. The number of carbonyl (C=O) groups excluding carboxylic acids is 1. The third-order valence-electron chi connectivity index (χ3n) is 5.44. The van der Waals surface area contributed by atoms with Crippen molar-refractivity contribution < 1.29 is 9.53 Å². The lowest BCUT2D eigenvalue weighted by molar-refractivity contribution is -0.145. The van der Waals surface area contributed by atoms with Crippen molar-refractivity contribution in [2.75, 3.05) is 0 Å². The Morgan fingerprint density at radius 1 is 1.00 bits per heavy atom. The fourth-order valence-electron chi connectivity index (χ4n) is 4.09. The van der Waals surface area contributed by atoms with Crippen LogP contribution in [0.1, 0.15) is 71.6 Å². The first-order valence-corrected chi connectivity index (χ1v) is 8.56. The van der Waals surface area contributed by atoms with E-state index in [-0.39, 0.29) is 12.1 Å². The van der Waals surface area contributed by atoms with Crippen molar-refractivity contribution in [3.05, 3.63) is 12.2 Å². The maximum Gasteiger partial charge on any atom is 0.330 e. The Morgan fingerprint density at radius 2 is 1.55 bits per heavy atom. The molecule has 0 amide bonds. The molecule has 0 spiro atoms. The second-order valence-electron chi connectivity index (χ2n) is 6.66. The van der Waals surface area contributed by atoms with Crippen LogP contribution in [0.2, 0.25) is 0 Å². The summed E-state index contributed by atoms with van der Waals surface area (Å²) >= 11 is 0. The molecule has 0 heterocycles. The van der Waals surface area contributed by atoms with E-state index in [1.807, 2.05) is 6.92 Å². The van der Waals surface area contributed by atoms with E-state index in [0.29, 0.717) is 0 Å². The first-order valence-electron chi connectivity index (χ1n) is 8.56. The second kappa shape index (κ2) is 7.85. The van der Waals surface area contributed by atoms with Gasteiger partial charge in [-0.2, -0.15) is 0 Å². The molecule has 0 aromatic carbocycles. The zero-order chi connectivity index (χ0) is 14.4. The van der Waals surface area contributed by atoms with Crippen LogP contribution < -0.4 is 0 Å². The third kappa shape index (κ3) is 4.36. The molecule has 0 aromatic rings. The molecule has 2 fully saturated rings. The molecule has 2 heteroatoms. The molecule has 2 rings (SSSR count). The fraction of sp³-hybridized carbons (Fsp3) is 0.833. The average Bonchev–Trinajstić information content (AvgIpc) is 2.48. The van der Waals surface area contributed by atoms with Gasteiger partial charge in [0.25, 0.3) is 0 Å². The van der Waals surface area contributed by atoms with Crippen molar-refractivity contribution in [1.29, 1.82) is 0 Å². The maximum atomic E-state index is 11.5. The summed E-state index contributed by atoms with van der Waals surface area (Å²) in [5, 5.41) is 0. The monoisotopic (exact) mass is 278 g/mol. The summed E-state index contributed by atoms with van der Waals surface area (Å²) in [7, 11) is 0. The van der Waals surface area contributed by atoms with Crippen molar-refractivity contribution in [2.45, 2.75) is 77.7 Å². The van der Waals surface area contributed by atoms with Crippen molar-refractivity contribution in [3.8, 4) is 0 Å². The molecule has 2 aliphatic rings. The van der Waals surface area contributed by atoms with Crippen LogP contribution in [0.3, 0.4) is 0 Å². The van der Waals surface area contributed by atoms with Crippen LogP contribution in [0.15, 0.2) is 12.2 Å². The van der Waals surface area contributed by atoms with Crippen molar-refractivity contribution in [2.24, 2.45) is 17.8 Å². The number of carbonyl (C=O) groups is 1. The minimum absolute atomic E-state index is 0.167. The van der Waals surface area contributed by atoms with Gasteiger partial charge in [-0.3, -0.25) is 0 Å². The number of hydrogen-bond donors (Lipinski definition) is 0. The van der Waals surface area contributed by atoms with Gasteiger partial charge in [0, 0.05) is 6.08 Å². The lowest BCUT2D eigenvalue weighted by Gasteiger charge is -2.37. The molecule has 0 saturated heterocycles. The largest absolute Gasteiger partial charge is 0.459 e. The van der Waals surface area contributed by atoms with Crippen LogP contribution >= 0.6 is 0 Å². The average molecular weight is 278 g/mol.